The van der Waals surface area contributed by atoms with Gasteiger partial charge < -0.3 is 4.74 Å². The van der Waals surface area contributed by atoms with Crippen molar-refractivity contribution in [2.45, 2.75) is 37.5 Å². The van der Waals surface area contributed by atoms with E-state index in [1.807, 2.05) is 38.1 Å². The van der Waals surface area contributed by atoms with Crippen molar-refractivity contribution in [3.05, 3.63) is 29.8 Å². The third kappa shape index (κ3) is 1.93. The molecule has 0 saturated heterocycles. The smallest absolute Gasteiger partial charge is 0.271 e. The number of benzene rings is 1. The molecule has 1 N–H and O–H groups in total. The Balaban J connectivity index is 2.44. The van der Waals surface area contributed by atoms with Crippen molar-refractivity contribution in [2.24, 2.45) is 0 Å². The summed E-state index contributed by atoms with van der Waals surface area (Å²) in [6.07, 6.45) is -0.574. The second-order valence-electron chi connectivity index (χ2n) is 4.98. The molecule has 94 valence electrons. The molecule has 1 heterocycles. The van der Waals surface area contributed by atoms with E-state index in [-0.39, 0.29) is 0 Å². The molecule has 0 amide bonds. The van der Waals surface area contributed by atoms with E-state index < -0.39 is 26.9 Å². The fraction of sp³-hybridized carbons (Fsp3) is 0.500. The van der Waals surface area contributed by atoms with E-state index in [1.54, 1.807) is 0 Å². The quantitative estimate of drug-likeness (QED) is 0.822. The van der Waals surface area contributed by atoms with E-state index in [4.69, 9.17) is 9.29 Å². The van der Waals surface area contributed by atoms with Crippen molar-refractivity contribution in [1.82, 2.24) is 0 Å². The van der Waals surface area contributed by atoms with Crippen LogP contribution in [0.4, 0.5) is 0 Å². The van der Waals surface area contributed by atoms with Crippen LogP contribution >= 0.6 is 0 Å². The Morgan fingerprint density at radius 3 is 2.47 bits per heavy atom. The highest BCUT2D eigenvalue weighted by Crippen LogP contribution is 2.44. The first kappa shape index (κ1) is 12.4. The minimum absolute atomic E-state index is 0.439. The lowest BCUT2D eigenvalue weighted by Gasteiger charge is -2.29. The normalized spacial score (nSPS) is 23.9. The average molecular weight is 256 g/mol. The van der Waals surface area contributed by atoms with E-state index in [2.05, 4.69) is 0 Å². The van der Waals surface area contributed by atoms with E-state index in [1.165, 1.54) is 6.92 Å². The van der Waals surface area contributed by atoms with Crippen molar-refractivity contribution in [1.29, 1.82) is 0 Å². The summed E-state index contributed by atoms with van der Waals surface area (Å²) in [4.78, 5) is 0. The third-order valence-electron chi connectivity index (χ3n) is 3.44. The molecule has 0 bridgehead atoms. The standard InChI is InChI=1S/C12H16O4S/c1-8(17(13,14)15)11-12(2,3)9-6-4-5-7-10(9)16-11/h4-8,11H,1-3H3,(H,13,14,15). The van der Waals surface area contributed by atoms with Gasteiger partial charge in [0.2, 0.25) is 0 Å². The minimum atomic E-state index is -4.10. The summed E-state index contributed by atoms with van der Waals surface area (Å²) in [5.41, 5.74) is 0.534. The molecule has 1 aromatic rings. The summed E-state index contributed by atoms with van der Waals surface area (Å²) in [5, 5.41) is -0.954. The fourth-order valence-corrected chi connectivity index (χ4v) is 3.09. The first-order chi connectivity index (χ1) is 7.74. The highest BCUT2D eigenvalue weighted by Gasteiger charge is 2.47. The lowest BCUT2D eigenvalue weighted by molar-refractivity contribution is 0.160. The molecule has 0 saturated carbocycles. The van der Waals surface area contributed by atoms with Crippen LogP contribution in [-0.4, -0.2) is 24.3 Å². The Kier molecular flexibility index (Phi) is 2.71. The second-order valence-corrected chi connectivity index (χ2v) is 6.75. The predicted molar refractivity (Wildman–Crippen MR) is 64.9 cm³/mol. The summed E-state index contributed by atoms with van der Waals surface area (Å²) < 4.78 is 37.3. The van der Waals surface area contributed by atoms with Crippen LogP contribution in [0.3, 0.4) is 0 Å². The topological polar surface area (TPSA) is 63.6 Å². The van der Waals surface area contributed by atoms with Gasteiger partial charge in [-0.1, -0.05) is 32.0 Å². The Morgan fingerprint density at radius 2 is 1.94 bits per heavy atom. The predicted octanol–water partition coefficient (Wildman–Crippen LogP) is 2.00. The Hall–Kier alpha value is -1.07. The van der Waals surface area contributed by atoms with Crippen LogP contribution in [0.15, 0.2) is 24.3 Å². The molecule has 17 heavy (non-hydrogen) atoms. The zero-order valence-corrected chi connectivity index (χ0v) is 10.9. The average Bonchev–Trinajstić information content (AvgIpc) is 2.49. The van der Waals surface area contributed by atoms with Gasteiger partial charge in [-0.2, -0.15) is 8.42 Å². The number of hydrogen-bond donors (Lipinski definition) is 1. The van der Waals surface area contributed by atoms with Crippen molar-refractivity contribution in [2.75, 3.05) is 0 Å². The van der Waals surface area contributed by atoms with Crippen molar-refractivity contribution >= 4 is 10.1 Å². The minimum Gasteiger partial charge on any atom is -0.488 e. The van der Waals surface area contributed by atoms with Gasteiger partial charge >= 0.3 is 0 Å². The van der Waals surface area contributed by atoms with Gasteiger partial charge in [-0.25, -0.2) is 0 Å². The summed E-state index contributed by atoms with van der Waals surface area (Å²) in [7, 11) is -4.10. The van der Waals surface area contributed by atoms with Gasteiger partial charge in [0.15, 0.2) is 0 Å². The maximum Gasteiger partial charge on any atom is 0.271 e. The maximum absolute atomic E-state index is 11.2. The molecule has 2 unspecified atom stereocenters. The molecule has 4 nitrogen and oxygen atoms in total. The molecular weight excluding hydrogens is 240 g/mol. The molecule has 0 aromatic heterocycles. The summed E-state index contributed by atoms with van der Waals surface area (Å²) in [5.74, 6) is 0.693. The van der Waals surface area contributed by atoms with Crippen LogP contribution in [0.5, 0.6) is 5.75 Å². The Bertz CT molecular complexity index is 533. The van der Waals surface area contributed by atoms with Gasteiger partial charge in [-0.05, 0) is 13.0 Å². The molecule has 1 aliphatic heterocycles. The fourth-order valence-electron chi connectivity index (χ4n) is 2.38. The number of ether oxygens (including phenoxy) is 1. The van der Waals surface area contributed by atoms with Gasteiger partial charge in [0.1, 0.15) is 17.1 Å². The van der Waals surface area contributed by atoms with E-state index in [0.717, 1.165) is 5.56 Å². The summed E-state index contributed by atoms with van der Waals surface area (Å²) in [6.45, 7) is 5.31. The largest absolute Gasteiger partial charge is 0.488 e. The van der Waals surface area contributed by atoms with Crippen molar-refractivity contribution < 1.29 is 17.7 Å². The number of para-hydroxylation sites is 1. The van der Waals surface area contributed by atoms with Gasteiger partial charge in [0.25, 0.3) is 10.1 Å². The van der Waals surface area contributed by atoms with Gasteiger partial charge in [0.05, 0.1) is 0 Å². The van der Waals surface area contributed by atoms with Gasteiger partial charge in [-0.15, -0.1) is 0 Å². The third-order valence-corrected chi connectivity index (χ3v) is 4.63. The van der Waals surface area contributed by atoms with Gasteiger partial charge in [-0.3, -0.25) is 4.55 Å². The first-order valence-electron chi connectivity index (χ1n) is 5.47. The molecule has 1 aliphatic rings. The maximum atomic E-state index is 11.2. The first-order valence-corrected chi connectivity index (χ1v) is 6.97. The van der Waals surface area contributed by atoms with Crippen LogP contribution in [0.1, 0.15) is 26.3 Å². The van der Waals surface area contributed by atoms with Crippen LogP contribution in [0, 0.1) is 0 Å². The monoisotopic (exact) mass is 256 g/mol. The van der Waals surface area contributed by atoms with Crippen molar-refractivity contribution in [3.8, 4) is 5.75 Å². The van der Waals surface area contributed by atoms with Crippen LogP contribution in [-0.2, 0) is 15.5 Å². The molecule has 2 atom stereocenters. The molecule has 0 fully saturated rings. The van der Waals surface area contributed by atoms with E-state index >= 15 is 0 Å². The second kappa shape index (κ2) is 3.71. The van der Waals surface area contributed by atoms with Crippen LogP contribution in [0.25, 0.3) is 0 Å². The molecule has 0 aliphatic carbocycles. The Morgan fingerprint density at radius 1 is 1.35 bits per heavy atom. The molecule has 5 heteroatoms. The van der Waals surface area contributed by atoms with Crippen molar-refractivity contribution in [3.63, 3.8) is 0 Å². The number of fused-ring (bicyclic) bond motifs is 1. The van der Waals surface area contributed by atoms with Crippen LogP contribution < -0.4 is 4.74 Å². The number of hydrogen-bond acceptors (Lipinski definition) is 3. The van der Waals surface area contributed by atoms with Crippen LogP contribution in [0.2, 0.25) is 0 Å². The lowest BCUT2D eigenvalue weighted by atomic mass is 9.80. The summed E-state index contributed by atoms with van der Waals surface area (Å²) in [6, 6.07) is 7.47. The molecule has 0 radical (unpaired) electrons. The molecule has 2 rings (SSSR count). The number of rotatable bonds is 2. The zero-order chi connectivity index (χ0) is 12.8. The van der Waals surface area contributed by atoms with E-state index in [0.29, 0.717) is 5.75 Å². The van der Waals surface area contributed by atoms with E-state index in [9.17, 15) is 8.42 Å². The highest BCUT2D eigenvalue weighted by atomic mass is 32.2. The molecule has 0 spiro atoms. The molecule has 1 aromatic carbocycles. The molecular formula is C12H16O4S. The van der Waals surface area contributed by atoms with Gasteiger partial charge in [0, 0.05) is 11.0 Å². The summed E-state index contributed by atoms with van der Waals surface area (Å²) >= 11 is 0. The zero-order valence-electron chi connectivity index (χ0n) is 10.0. The SMILES string of the molecule is CC(C1Oc2ccccc2C1(C)C)S(=O)(=O)O. The lowest BCUT2D eigenvalue weighted by Crippen LogP contribution is -2.44. The Labute approximate surface area is 101 Å². The highest BCUT2D eigenvalue weighted by molar-refractivity contribution is 7.86.